The lowest BCUT2D eigenvalue weighted by molar-refractivity contribution is 1.37. The Morgan fingerprint density at radius 1 is 0.517 bits per heavy atom. The third-order valence-electron chi connectivity index (χ3n) is 4.79. The van der Waals surface area contributed by atoms with E-state index >= 15 is 0 Å². The molecular formula is C25H18Cl2N2. The Morgan fingerprint density at radius 2 is 0.897 bits per heavy atom. The van der Waals surface area contributed by atoms with Gasteiger partial charge in [-0.15, -0.1) is 23.2 Å². The fourth-order valence-corrected chi connectivity index (χ4v) is 3.57. The molecule has 0 aliphatic carbocycles. The molecule has 0 N–H and O–H groups in total. The molecule has 2 nitrogen and oxygen atoms in total. The monoisotopic (exact) mass is 416 g/mol. The van der Waals surface area contributed by atoms with Gasteiger partial charge in [0.2, 0.25) is 0 Å². The maximum atomic E-state index is 4.76. The maximum Gasteiger partial charge on any atom is 0.0970 e. The number of benzene rings is 3. The zero-order valence-electron chi connectivity index (χ0n) is 15.6. The highest BCUT2D eigenvalue weighted by Crippen LogP contribution is 2.34. The SMILES string of the molecule is ClCCl.c1ccc(-c2ccnc3c2ccc2c(-c4ccccc4)ccnc23)cc1. The standard InChI is InChI=1S/C24H16N2.CH2Cl2/c1-3-7-17(8-4-1)19-13-15-25-23-21(19)11-12-22-20(14-16-26-24(22)23)18-9-5-2-6-10-18;2-1-3/h1-16H;1H2. The van der Waals surface area contributed by atoms with Gasteiger partial charge in [0, 0.05) is 23.2 Å². The van der Waals surface area contributed by atoms with E-state index < -0.39 is 0 Å². The first-order chi connectivity index (χ1) is 14.3. The van der Waals surface area contributed by atoms with Crippen LogP contribution in [0.4, 0.5) is 0 Å². The van der Waals surface area contributed by atoms with Crippen molar-refractivity contribution in [3.63, 3.8) is 0 Å². The number of halogens is 2. The van der Waals surface area contributed by atoms with Crippen LogP contribution in [-0.4, -0.2) is 15.3 Å². The molecule has 142 valence electrons. The van der Waals surface area contributed by atoms with E-state index in [1.54, 1.807) is 0 Å². The van der Waals surface area contributed by atoms with Crippen molar-refractivity contribution in [3.8, 4) is 22.3 Å². The van der Waals surface area contributed by atoms with E-state index in [-0.39, 0.29) is 5.34 Å². The number of nitrogens with zero attached hydrogens (tertiary/aromatic N) is 2. The van der Waals surface area contributed by atoms with Crippen molar-refractivity contribution in [2.45, 2.75) is 0 Å². The van der Waals surface area contributed by atoms with Crippen LogP contribution in [-0.2, 0) is 0 Å². The second kappa shape index (κ2) is 9.04. The van der Waals surface area contributed by atoms with Gasteiger partial charge in [0.1, 0.15) is 0 Å². The molecule has 0 atom stereocenters. The number of hydrogen-bond acceptors (Lipinski definition) is 2. The Bertz CT molecular complexity index is 1140. The molecule has 29 heavy (non-hydrogen) atoms. The Morgan fingerprint density at radius 3 is 1.28 bits per heavy atom. The van der Waals surface area contributed by atoms with Crippen molar-refractivity contribution >= 4 is 45.0 Å². The average molecular weight is 417 g/mol. The van der Waals surface area contributed by atoms with Crippen molar-refractivity contribution in [3.05, 3.63) is 97.3 Å². The van der Waals surface area contributed by atoms with Crippen molar-refractivity contribution in [1.29, 1.82) is 0 Å². The molecular weight excluding hydrogens is 399 g/mol. The predicted molar refractivity (Wildman–Crippen MR) is 124 cm³/mol. The molecule has 0 fully saturated rings. The van der Waals surface area contributed by atoms with Gasteiger partial charge in [-0.2, -0.15) is 0 Å². The Hall–Kier alpha value is -2.94. The highest BCUT2D eigenvalue weighted by atomic mass is 35.5. The van der Waals surface area contributed by atoms with Gasteiger partial charge in [-0.3, -0.25) is 9.97 Å². The fourth-order valence-electron chi connectivity index (χ4n) is 3.57. The van der Waals surface area contributed by atoms with E-state index in [0.717, 1.165) is 21.8 Å². The number of rotatable bonds is 2. The highest BCUT2D eigenvalue weighted by Gasteiger charge is 2.11. The zero-order chi connectivity index (χ0) is 20.1. The minimum atomic E-state index is 0.194. The zero-order valence-corrected chi connectivity index (χ0v) is 17.1. The quantitative estimate of drug-likeness (QED) is 0.219. The van der Waals surface area contributed by atoms with Gasteiger partial charge < -0.3 is 0 Å². The number of aromatic nitrogens is 2. The number of alkyl halides is 2. The molecule has 0 amide bonds. The molecule has 0 saturated heterocycles. The van der Waals surface area contributed by atoms with Crippen LogP contribution in [0.1, 0.15) is 0 Å². The summed E-state index contributed by atoms with van der Waals surface area (Å²) in [5.41, 5.74) is 6.65. The molecule has 3 aromatic carbocycles. The van der Waals surface area contributed by atoms with Crippen molar-refractivity contribution < 1.29 is 0 Å². The van der Waals surface area contributed by atoms with E-state index in [2.05, 4.69) is 82.8 Å². The summed E-state index contributed by atoms with van der Waals surface area (Å²) in [6.07, 6.45) is 3.75. The molecule has 0 spiro atoms. The fraction of sp³-hybridized carbons (Fsp3) is 0.0400. The van der Waals surface area contributed by atoms with Crippen LogP contribution >= 0.6 is 23.2 Å². The lowest BCUT2D eigenvalue weighted by Gasteiger charge is -2.11. The summed E-state index contributed by atoms with van der Waals surface area (Å²) < 4.78 is 0. The molecule has 0 aliphatic heterocycles. The molecule has 5 rings (SSSR count). The average Bonchev–Trinajstić information content (AvgIpc) is 2.80. The molecule has 0 saturated carbocycles. The molecule has 0 bridgehead atoms. The minimum Gasteiger partial charge on any atom is -0.254 e. The van der Waals surface area contributed by atoms with Gasteiger partial charge in [-0.1, -0.05) is 72.8 Å². The summed E-state index contributed by atoms with van der Waals surface area (Å²) in [6, 6.07) is 29.3. The van der Waals surface area contributed by atoms with Crippen molar-refractivity contribution in [1.82, 2.24) is 9.97 Å². The maximum absolute atomic E-state index is 4.76. The van der Waals surface area contributed by atoms with Crippen LogP contribution in [0.2, 0.25) is 0 Å². The Kier molecular flexibility index (Phi) is 6.04. The Labute approximate surface area is 179 Å². The molecule has 0 aliphatic rings. The van der Waals surface area contributed by atoms with Crippen LogP contribution in [0.3, 0.4) is 0 Å². The first-order valence-corrected chi connectivity index (χ1v) is 10.3. The summed E-state index contributed by atoms with van der Waals surface area (Å²) in [5.74, 6) is 0. The molecule has 2 heterocycles. The van der Waals surface area contributed by atoms with E-state index in [1.807, 2.05) is 24.5 Å². The summed E-state index contributed by atoms with van der Waals surface area (Å²) in [7, 11) is 0. The Balaban J connectivity index is 0.000000645. The van der Waals surface area contributed by atoms with Gasteiger partial charge in [0.15, 0.2) is 0 Å². The predicted octanol–water partition coefficient (Wildman–Crippen LogP) is 7.54. The molecule has 0 unspecified atom stereocenters. The lowest BCUT2D eigenvalue weighted by Crippen LogP contribution is -1.90. The van der Waals surface area contributed by atoms with Gasteiger partial charge in [-0.25, -0.2) is 0 Å². The first-order valence-electron chi connectivity index (χ1n) is 9.22. The second-order valence-electron chi connectivity index (χ2n) is 6.41. The number of pyridine rings is 2. The molecule has 2 aromatic heterocycles. The lowest BCUT2D eigenvalue weighted by atomic mass is 9.97. The molecule has 0 radical (unpaired) electrons. The van der Waals surface area contributed by atoms with Crippen LogP contribution < -0.4 is 0 Å². The van der Waals surface area contributed by atoms with Crippen LogP contribution in [0, 0.1) is 0 Å². The molecule has 5 aromatic rings. The first kappa shape index (κ1) is 19.4. The normalized spacial score (nSPS) is 10.6. The van der Waals surface area contributed by atoms with Crippen molar-refractivity contribution in [2.75, 3.05) is 5.34 Å². The van der Waals surface area contributed by atoms with Crippen LogP contribution in [0.5, 0.6) is 0 Å². The van der Waals surface area contributed by atoms with Gasteiger partial charge >= 0.3 is 0 Å². The topological polar surface area (TPSA) is 25.8 Å². The van der Waals surface area contributed by atoms with E-state index in [0.29, 0.717) is 0 Å². The van der Waals surface area contributed by atoms with Gasteiger partial charge in [0.25, 0.3) is 0 Å². The van der Waals surface area contributed by atoms with Crippen LogP contribution in [0.15, 0.2) is 97.3 Å². The third kappa shape index (κ3) is 3.95. The van der Waals surface area contributed by atoms with E-state index in [4.69, 9.17) is 23.2 Å². The second-order valence-corrected chi connectivity index (χ2v) is 7.22. The number of hydrogen-bond donors (Lipinski definition) is 0. The summed E-state index contributed by atoms with van der Waals surface area (Å²) in [6.45, 7) is 0. The summed E-state index contributed by atoms with van der Waals surface area (Å²) in [5, 5.41) is 2.45. The third-order valence-corrected chi connectivity index (χ3v) is 4.79. The smallest absolute Gasteiger partial charge is 0.0970 e. The summed E-state index contributed by atoms with van der Waals surface area (Å²) >= 11 is 9.53. The summed E-state index contributed by atoms with van der Waals surface area (Å²) in [4.78, 5) is 9.34. The van der Waals surface area contributed by atoms with Gasteiger partial charge in [-0.05, 0) is 34.4 Å². The van der Waals surface area contributed by atoms with E-state index in [9.17, 15) is 0 Å². The molecule has 4 heteroatoms. The van der Waals surface area contributed by atoms with Crippen molar-refractivity contribution in [2.24, 2.45) is 0 Å². The highest BCUT2D eigenvalue weighted by molar-refractivity contribution is 6.40. The number of fused-ring (bicyclic) bond motifs is 3. The van der Waals surface area contributed by atoms with E-state index in [1.165, 1.54) is 22.3 Å². The largest absolute Gasteiger partial charge is 0.254 e. The van der Waals surface area contributed by atoms with Crippen LogP contribution in [0.25, 0.3) is 44.1 Å². The van der Waals surface area contributed by atoms with Gasteiger partial charge in [0.05, 0.1) is 16.4 Å². The minimum absolute atomic E-state index is 0.194.